The van der Waals surface area contributed by atoms with Crippen molar-refractivity contribution in [2.24, 2.45) is 5.92 Å². The van der Waals surface area contributed by atoms with E-state index in [0.717, 1.165) is 19.4 Å². The summed E-state index contributed by atoms with van der Waals surface area (Å²) in [5, 5.41) is 10.6. The van der Waals surface area contributed by atoms with Crippen molar-refractivity contribution in [3.8, 4) is 5.75 Å². The largest absolute Gasteiger partial charge is 0.496 e. The van der Waals surface area contributed by atoms with Crippen molar-refractivity contribution in [2.45, 2.75) is 25.7 Å². The van der Waals surface area contributed by atoms with Crippen molar-refractivity contribution in [1.29, 1.82) is 0 Å². The number of carbonyl (C=O) groups excluding carboxylic acids is 1. The molecule has 1 saturated heterocycles. The van der Waals surface area contributed by atoms with Crippen LogP contribution in [-0.2, 0) is 4.79 Å². The van der Waals surface area contributed by atoms with Crippen LogP contribution in [0, 0.1) is 5.92 Å². The molecule has 5 nitrogen and oxygen atoms in total. The molecule has 0 aromatic carbocycles. The third kappa shape index (κ3) is 3.72. The quantitative estimate of drug-likeness (QED) is 0.906. The first-order valence-corrected chi connectivity index (χ1v) is 7.61. The van der Waals surface area contributed by atoms with Gasteiger partial charge in [-0.3, -0.25) is 9.59 Å². The van der Waals surface area contributed by atoms with E-state index in [0.29, 0.717) is 29.5 Å². The Hall–Kier alpha value is -1.56. The second-order valence-electron chi connectivity index (χ2n) is 5.04. The van der Waals surface area contributed by atoms with Gasteiger partial charge in [-0.2, -0.15) is 0 Å². The minimum Gasteiger partial charge on any atom is -0.496 e. The fourth-order valence-electron chi connectivity index (χ4n) is 2.51. The van der Waals surface area contributed by atoms with E-state index >= 15 is 0 Å². The molecule has 1 aliphatic heterocycles. The van der Waals surface area contributed by atoms with Crippen molar-refractivity contribution in [2.75, 3.05) is 20.2 Å². The molecule has 20 heavy (non-hydrogen) atoms. The molecule has 110 valence electrons. The van der Waals surface area contributed by atoms with Gasteiger partial charge in [0.05, 0.1) is 12.0 Å². The molecule has 0 spiro atoms. The third-order valence-electron chi connectivity index (χ3n) is 3.59. The number of methoxy groups -OCH3 is 1. The highest BCUT2D eigenvalue weighted by Crippen LogP contribution is 2.26. The van der Waals surface area contributed by atoms with Crippen LogP contribution in [0.15, 0.2) is 11.4 Å². The fraction of sp³-hybridized carbons (Fsp3) is 0.571. The van der Waals surface area contributed by atoms with Gasteiger partial charge < -0.3 is 14.7 Å². The predicted molar refractivity (Wildman–Crippen MR) is 76.4 cm³/mol. The van der Waals surface area contributed by atoms with Crippen LogP contribution in [-0.4, -0.2) is 42.1 Å². The Bertz CT molecular complexity index is 485. The normalized spacial score (nSPS) is 18.9. The van der Waals surface area contributed by atoms with Gasteiger partial charge in [0.25, 0.3) is 5.91 Å². The third-order valence-corrected chi connectivity index (χ3v) is 4.49. The van der Waals surface area contributed by atoms with E-state index in [1.54, 1.807) is 13.2 Å². The summed E-state index contributed by atoms with van der Waals surface area (Å²) in [4.78, 5) is 25.5. The van der Waals surface area contributed by atoms with Crippen molar-refractivity contribution >= 4 is 23.2 Å². The molecule has 0 bridgehead atoms. The highest BCUT2D eigenvalue weighted by atomic mass is 32.1. The highest BCUT2D eigenvalue weighted by molar-refractivity contribution is 7.12. The minimum absolute atomic E-state index is 0.0262. The number of hydrogen-bond donors (Lipinski definition) is 1. The van der Waals surface area contributed by atoms with Crippen molar-refractivity contribution in [3.05, 3.63) is 16.3 Å². The zero-order valence-electron chi connectivity index (χ0n) is 11.5. The number of thiophene rings is 1. The maximum absolute atomic E-state index is 12.4. The number of hydrogen-bond acceptors (Lipinski definition) is 4. The molecular weight excluding hydrogens is 278 g/mol. The zero-order chi connectivity index (χ0) is 14.5. The molecule has 0 unspecified atom stereocenters. The number of carboxylic acid groups (broad SMARTS) is 1. The number of likely N-dealkylation sites (tertiary alicyclic amines) is 1. The first kappa shape index (κ1) is 14.8. The van der Waals surface area contributed by atoms with E-state index in [9.17, 15) is 9.59 Å². The van der Waals surface area contributed by atoms with Crippen LogP contribution in [0.1, 0.15) is 35.4 Å². The monoisotopic (exact) mass is 297 g/mol. The first-order valence-electron chi connectivity index (χ1n) is 6.73. The van der Waals surface area contributed by atoms with Crippen LogP contribution < -0.4 is 4.74 Å². The fourth-order valence-corrected chi connectivity index (χ4v) is 3.33. The van der Waals surface area contributed by atoms with Gasteiger partial charge in [-0.1, -0.05) is 0 Å². The topological polar surface area (TPSA) is 66.8 Å². The average molecular weight is 297 g/mol. The molecule has 6 heteroatoms. The molecule has 1 N–H and O–H groups in total. The SMILES string of the molecule is COc1csc(C(=O)N2CCC[C@H](CCC(=O)O)C2)c1. The van der Waals surface area contributed by atoms with E-state index in [4.69, 9.17) is 9.84 Å². The van der Waals surface area contributed by atoms with Crippen LogP contribution in [0.3, 0.4) is 0 Å². The number of amides is 1. The van der Waals surface area contributed by atoms with Gasteiger partial charge in [0.1, 0.15) is 5.75 Å². The molecule has 0 radical (unpaired) electrons. The zero-order valence-corrected chi connectivity index (χ0v) is 12.3. The number of ether oxygens (including phenoxy) is 1. The summed E-state index contributed by atoms with van der Waals surface area (Å²) in [5.74, 6) is 0.262. The summed E-state index contributed by atoms with van der Waals surface area (Å²) in [7, 11) is 1.58. The summed E-state index contributed by atoms with van der Waals surface area (Å²) in [5.41, 5.74) is 0. The maximum Gasteiger partial charge on any atom is 0.303 e. The van der Waals surface area contributed by atoms with Gasteiger partial charge in [-0.15, -0.1) is 11.3 Å². The predicted octanol–water partition coefficient (Wildman–Crippen LogP) is 2.47. The first-order chi connectivity index (χ1) is 9.60. The molecule has 1 fully saturated rings. The van der Waals surface area contributed by atoms with Crippen LogP contribution >= 0.6 is 11.3 Å². The molecule has 2 heterocycles. The van der Waals surface area contributed by atoms with Gasteiger partial charge >= 0.3 is 5.97 Å². The van der Waals surface area contributed by atoms with Crippen LogP contribution in [0.5, 0.6) is 5.75 Å². The van der Waals surface area contributed by atoms with E-state index in [1.807, 2.05) is 10.3 Å². The Balaban J connectivity index is 1.94. The lowest BCUT2D eigenvalue weighted by molar-refractivity contribution is -0.137. The van der Waals surface area contributed by atoms with Gasteiger partial charge in [-0.25, -0.2) is 0 Å². The molecule has 1 aromatic heterocycles. The summed E-state index contributed by atoms with van der Waals surface area (Å²) in [6.07, 6.45) is 2.77. The highest BCUT2D eigenvalue weighted by Gasteiger charge is 2.25. The maximum atomic E-state index is 12.4. The van der Waals surface area contributed by atoms with Crippen LogP contribution in [0.25, 0.3) is 0 Å². The Morgan fingerprint density at radius 3 is 3.00 bits per heavy atom. The lowest BCUT2D eigenvalue weighted by atomic mass is 9.93. The van der Waals surface area contributed by atoms with Crippen LogP contribution in [0.2, 0.25) is 0 Å². The van der Waals surface area contributed by atoms with Gasteiger partial charge in [-0.05, 0) is 25.2 Å². The molecule has 1 atom stereocenters. The van der Waals surface area contributed by atoms with E-state index in [-0.39, 0.29) is 12.3 Å². The Kier molecular flexibility index (Phi) is 5.00. The van der Waals surface area contributed by atoms with Gasteiger partial charge in [0, 0.05) is 31.0 Å². The Morgan fingerprint density at radius 1 is 1.55 bits per heavy atom. The summed E-state index contributed by atoms with van der Waals surface area (Å²) in [6.45, 7) is 1.41. The number of aliphatic carboxylic acids is 1. The molecule has 2 rings (SSSR count). The summed E-state index contributed by atoms with van der Waals surface area (Å²) < 4.78 is 5.09. The lowest BCUT2D eigenvalue weighted by Crippen LogP contribution is -2.39. The van der Waals surface area contributed by atoms with Crippen molar-refractivity contribution < 1.29 is 19.4 Å². The van der Waals surface area contributed by atoms with E-state index in [1.165, 1.54) is 11.3 Å². The molecule has 0 aliphatic carbocycles. The van der Waals surface area contributed by atoms with Gasteiger partial charge in [0.2, 0.25) is 0 Å². The lowest BCUT2D eigenvalue weighted by Gasteiger charge is -2.32. The van der Waals surface area contributed by atoms with Gasteiger partial charge in [0.15, 0.2) is 0 Å². The molecule has 1 amide bonds. The van der Waals surface area contributed by atoms with Crippen molar-refractivity contribution in [1.82, 2.24) is 4.90 Å². The number of piperidine rings is 1. The van der Waals surface area contributed by atoms with E-state index < -0.39 is 5.97 Å². The average Bonchev–Trinajstić information content (AvgIpc) is 2.93. The number of rotatable bonds is 5. The van der Waals surface area contributed by atoms with E-state index in [2.05, 4.69) is 0 Å². The second-order valence-corrected chi connectivity index (χ2v) is 5.95. The second kappa shape index (κ2) is 6.74. The number of carboxylic acids is 1. The van der Waals surface area contributed by atoms with Crippen LogP contribution in [0.4, 0.5) is 0 Å². The Morgan fingerprint density at radius 2 is 2.35 bits per heavy atom. The molecule has 0 saturated carbocycles. The standard InChI is InChI=1S/C14H19NO4S/c1-19-11-7-12(20-9-11)14(18)15-6-2-3-10(8-15)4-5-13(16)17/h7,9-10H,2-6,8H2,1H3,(H,16,17)/t10-/m1/s1. The number of nitrogens with zero attached hydrogens (tertiary/aromatic N) is 1. The summed E-state index contributed by atoms with van der Waals surface area (Å²) in [6, 6.07) is 1.76. The molecule has 1 aliphatic rings. The molecule has 1 aromatic rings. The molecular formula is C14H19NO4S. The Labute approximate surface area is 122 Å². The summed E-state index contributed by atoms with van der Waals surface area (Å²) >= 11 is 1.39. The number of carbonyl (C=O) groups is 2. The van der Waals surface area contributed by atoms with Crippen molar-refractivity contribution in [3.63, 3.8) is 0 Å². The minimum atomic E-state index is -0.767. The smallest absolute Gasteiger partial charge is 0.303 e.